The zero-order valence-electron chi connectivity index (χ0n) is 12.0. The molecule has 2 aromatic rings. The Bertz CT molecular complexity index is 715. The molecule has 3 nitrogen and oxygen atoms in total. The minimum absolute atomic E-state index is 0.158. The second kappa shape index (κ2) is 7.32. The van der Waals surface area contributed by atoms with Crippen LogP contribution < -0.4 is 0 Å². The molecule has 0 bridgehead atoms. The molecule has 0 aliphatic rings. The number of halogens is 3. The molecule has 0 aliphatic carbocycles. The number of carbonyl (C=O) groups excluding carboxylic acids is 1. The van der Waals surface area contributed by atoms with Gasteiger partial charge in [-0.1, -0.05) is 36.0 Å². The Morgan fingerprint density at radius 3 is 2.48 bits per heavy atom. The number of nitrogens with zero attached hydrogens (tertiary/aromatic N) is 1. The molecular formula is C16H12F3NO2S. The first kappa shape index (κ1) is 17.1. The molecule has 0 unspecified atom stereocenters. The van der Waals surface area contributed by atoms with Crippen LogP contribution in [-0.2, 0) is 15.7 Å². The topological polar surface area (TPSA) is 39.2 Å². The van der Waals surface area contributed by atoms with E-state index in [0.29, 0.717) is 5.56 Å². The van der Waals surface area contributed by atoms with E-state index in [1.165, 1.54) is 19.3 Å². The zero-order valence-corrected chi connectivity index (χ0v) is 12.8. The molecule has 0 aliphatic heterocycles. The van der Waals surface area contributed by atoms with Gasteiger partial charge in [-0.15, -0.1) is 0 Å². The van der Waals surface area contributed by atoms with Gasteiger partial charge in [0.15, 0.2) is 0 Å². The first-order chi connectivity index (χ1) is 10.9. The third-order valence-corrected chi connectivity index (χ3v) is 3.77. The van der Waals surface area contributed by atoms with Gasteiger partial charge in [0.2, 0.25) is 0 Å². The molecule has 0 N–H and O–H groups in total. The summed E-state index contributed by atoms with van der Waals surface area (Å²) in [6, 6.07) is 11.1. The van der Waals surface area contributed by atoms with Crippen LogP contribution in [0.2, 0.25) is 0 Å². The Kier molecular flexibility index (Phi) is 5.44. The van der Waals surface area contributed by atoms with E-state index >= 15 is 0 Å². The van der Waals surface area contributed by atoms with Gasteiger partial charge in [0.1, 0.15) is 10.7 Å². The lowest BCUT2D eigenvalue weighted by Gasteiger charge is -2.10. The summed E-state index contributed by atoms with van der Waals surface area (Å²) in [5.74, 6) is -0.597. The fourth-order valence-electron chi connectivity index (χ4n) is 1.64. The van der Waals surface area contributed by atoms with Crippen molar-refractivity contribution in [2.45, 2.75) is 16.1 Å². The van der Waals surface area contributed by atoms with Crippen molar-refractivity contribution in [1.82, 2.24) is 4.98 Å². The monoisotopic (exact) mass is 339 g/mol. The Balaban J connectivity index is 2.41. The fourth-order valence-corrected chi connectivity index (χ4v) is 2.56. The lowest BCUT2D eigenvalue weighted by atomic mass is 10.2. The Morgan fingerprint density at radius 1 is 1.17 bits per heavy atom. The summed E-state index contributed by atoms with van der Waals surface area (Å²) in [5, 5.41) is 0.158. The number of pyridine rings is 1. The molecule has 120 valence electrons. The van der Waals surface area contributed by atoms with Gasteiger partial charge in [-0.3, -0.25) is 0 Å². The summed E-state index contributed by atoms with van der Waals surface area (Å²) in [7, 11) is 1.22. The standard InChI is InChI=1S/C16H12F3NO2S/c1-22-14(21)10-8-11-7-9-13(16(17,18)19)20-15(11)23-12-5-3-2-4-6-12/h2-10H,1H3/b10-8+. The maximum Gasteiger partial charge on any atom is 0.433 e. The molecule has 1 heterocycles. The zero-order chi connectivity index (χ0) is 16.9. The van der Waals surface area contributed by atoms with Crippen LogP contribution in [0, 0.1) is 0 Å². The number of ether oxygens (including phenoxy) is 1. The van der Waals surface area contributed by atoms with Gasteiger partial charge in [0, 0.05) is 16.5 Å². The van der Waals surface area contributed by atoms with Crippen molar-refractivity contribution >= 4 is 23.8 Å². The van der Waals surface area contributed by atoms with E-state index in [4.69, 9.17) is 0 Å². The fraction of sp³-hybridized carbons (Fsp3) is 0.125. The van der Waals surface area contributed by atoms with Gasteiger partial charge >= 0.3 is 12.1 Å². The Hall–Kier alpha value is -2.28. The molecule has 1 aromatic carbocycles. The molecule has 0 saturated heterocycles. The highest BCUT2D eigenvalue weighted by Crippen LogP contribution is 2.34. The van der Waals surface area contributed by atoms with Crippen molar-refractivity contribution in [3.8, 4) is 0 Å². The summed E-state index contributed by atoms with van der Waals surface area (Å²) < 4.78 is 43.0. The number of aromatic nitrogens is 1. The number of benzene rings is 1. The molecule has 0 spiro atoms. The van der Waals surface area contributed by atoms with Crippen molar-refractivity contribution in [3.05, 3.63) is 59.8 Å². The molecular weight excluding hydrogens is 327 g/mol. The largest absolute Gasteiger partial charge is 0.466 e. The van der Waals surface area contributed by atoms with Gasteiger partial charge in [0.05, 0.1) is 7.11 Å². The van der Waals surface area contributed by atoms with Gasteiger partial charge in [-0.25, -0.2) is 9.78 Å². The van der Waals surface area contributed by atoms with Crippen LogP contribution in [0.25, 0.3) is 6.08 Å². The molecule has 23 heavy (non-hydrogen) atoms. The first-order valence-electron chi connectivity index (χ1n) is 6.47. The lowest BCUT2D eigenvalue weighted by molar-refractivity contribution is -0.141. The van der Waals surface area contributed by atoms with E-state index in [9.17, 15) is 18.0 Å². The maximum absolute atomic E-state index is 12.8. The van der Waals surface area contributed by atoms with Gasteiger partial charge in [-0.05, 0) is 24.3 Å². The second-order valence-electron chi connectivity index (χ2n) is 4.36. The number of alkyl halides is 3. The van der Waals surface area contributed by atoms with Crippen LogP contribution in [0.15, 0.2) is 58.5 Å². The smallest absolute Gasteiger partial charge is 0.433 e. The third-order valence-electron chi connectivity index (χ3n) is 2.74. The summed E-state index contributed by atoms with van der Waals surface area (Å²) in [6.45, 7) is 0. The molecule has 1 aromatic heterocycles. The highest BCUT2D eigenvalue weighted by molar-refractivity contribution is 7.99. The van der Waals surface area contributed by atoms with Gasteiger partial charge in [0.25, 0.3) is 0 Å². The van der Waals surface area contributed by atoms with E-state index < -0.39 is 17.8 Å². The van der Waals surface area contributed by atoms with E-state index in [-0.39, 0.29) is 5.03 Å². The molecule has 2 rings (SSSR count). The van der Waals surface area contributed by atoms with Crippen molar-refractivity contribution in [2.24, 2.45) is 0 Å². The number of hydrogen-bond donors (Lipinski definition) is 0. The van der Waals surface area contributed by atoms with Crippen LogP contribution in [-0.4, -0.2) is 18.1 Å². The van der Waals surface area contributed by atoms with E-state index in [1.54, 1.807) is 24.3 Å². The SMILES string of the molecule is COC(=O)/C=C/c1ccc(C(F)(F)F)nc1Sc1ccccc1. The van der Waals surface area contributed by atoms with Crippen LogP contribution in [0.4, 0.5) is 13.2 Å². The summed E-state index contributed by atoms with van der Waals surface area (Å²) in [5.41, 5.74) is -0.580. The molecule has 7 heteroatoms. The van der Waals surface area contributed by atoms with E-state index in [0.717, 1.165) is 28.8 Å². The molecule has 0 saturated carbocycles. The number of carbonyl (C=O) groups is 1. The highest BCUT2D eigenvalue weighted by atomic mass is 32.2. The number of methoxy groups -OCH3 is 1. The van der Waals surface area contributed by atoms with Crippen molar-refractivity contribution in [1.29, 1.82) is 0 Å². The second-order valence-corrected chi connectivity index (χ2v) is 5.42. The average Bonchev–Trinajstić information content (AvgIpc) is 2.53. The minimum Gasteiger partial charge on any atom is -0.466 e. The van der Waals surface area contributed by atoms with Crippen molar-refractivity contribution in [3.63, 3.8) is 0 Å². The molecule has 0 radical (unpaired) electrons. The van der Waals surface area contributed by atoms with Crippen LogP contribution in [0.3, 0.4) is 0 Å². The maximum atomic E-state index is 12.8. The van der Waals surface area contributed by atoms with Crippen LogP contribution >= 0.6 is 11.8 Å². The predicted molar refractivity (Wildman–Crippen MR) is 80.9 cm³/mol. The van der Waals surface area contributed by atoms with E-state index in [1.807, 2.05) is 6.07 Å². The molecule has 0 atom stereocenters. The van der Waals surface area contributed by atoms with Crippen LogP contribution in [0.5, 0.6) is 0 Å². The van der Waals surface area contributed by atoms with E-state index in [2.05, 4.69) is 9.72 Å². The predicted octanol–water partition coefficient (Wildman–Crippen LogP) is 4.44. The third kappa shape index (κ3) is 4.85. The highest BCUT2D eigenvalue weighted by Gasteiger charge is 2.33. The number of esters is 1. The van der Waals surface area contributed by atoms with Crippen molar-refractivity contribution < 1.29 is 22.7 Å². The number of hydrogen-bond acceptors (Lipinski definition) is 4. The summed E-state index contributed by atoms with van der Waals surface area (Å²) >= 11 is 1.09. The van der Waals surface area contributed by atoms with Gasteiger partial charge < -0.3 is 4.74 Å². The normalized spacial score (nSPS) is 11.7. The van der Waals surface area contributed by atoms with Crippen LogP contribution in [0.1, 0.15) is 11.3 Å². The Labute approximate surface area is 135 Å². The quantitative estimate of drug-likeness (QED) is 0.610. The lowest BCUT2D eigenvalue weighted by Crippen LogP contribution is -2.08. The number of rotatable bonds is 4. The molecule has 0 fully saturated rings. The van der Waals surface area contributed by atoms with Gasteiger partial charge in [-0.2, -0.15) is 13.2 Å². The Morgan fingerprint density at radius 2 is 1.87 bits per heavy atom. The first-order valence-corrected chi connectivity index (χ1v) is 7.29. The summed E-state index contributed by atoms with van der Waals surface area (Å²) in [6.07, 6.45) is -2.01. The average molecular weight is 339 g/mol. The minimum atomic E-state index is -4.53. The summed E-state index contributed by atoms with van der Waals surface area (Å²) in [4.78, 5) is 15.6. The van der Waals surface area contributed by atoms with Crippen molar-refractivity contribution in [2.75, 3.05) is 7.11 Å². The molecule has 0 amide bonds.